The first kappa shape index (κ1) is 90.1. The summed E-state index contributed by atoms with van der Waals surface area (Å²) in [5.41, 5.74) is 0. The Balaban J connectivity index is 5.27. The van der Waals surface area contributed by atoms with Crippen molar-refractivity contribution in [3.8, 4) is 0 Å². The molecule has 0 aliphatic rings. The van der Waals surface area contributed by atoms with Crippen molar-refractivity contribution < 1.29 is 80.2 Å². The summed E-state index contributed by atoms with van der Waals surface area (Å²) >= 11 is 0. The minimum atomic E-state index is -4.96. The third-order valence-electron chi connectivity index (χ3n) is 17.5. The molecule has 0 radical (unpaired) electrons. The second-order valence-corrected chi connectivity index (χ2v) is 30.7. The van der Waals surface area contributed by atoms with Crippen molar-refractivity contribution in [2.75, 3.05) is 39.6 Å². The minimum absolute atomic E-state index is 0.105. The molecule has 0 rings (SSSR count). The van der Waals surface area contributed by atoms with Gasteiger partial charge in [-0.2, -0.15) is 0 Å². The van der Waals surface area contributed by atoms with Gasteiger partial charge in [-0.05, 0) is 49.4 Å². The molecule has 0 aliphatic carbocycles. The van der Waals surface area contributed by atoms with Gasteiger partial charge >= 0.3 is 39.5 Å². The predicted molar refractivity (Wildman–Crippen MR) is 372 cm³/mol. The minimum Gasteiger partial charge on any atom is -0.462 e. The molecule has 0 amide bonds. The molecular formula is C73H142O17P2. The van der Waals surface area contributed by atoms with Crippen LogP contribution in [0.25, 0.3) is 0 Å². The molecule has 0 aromatic carbocycles. The van der Waals surface area contributed by atoms with Crippen molar-refractivity contribution in [3.05, 3.63) is 0 Å². The van der Waals surface area contributed by atoms with Gasteiger partial charge in [0.2, 0.25) is 0 Å². The maximum absolute atomic E-state index is 13.1. The molecule has 0 saturated heterocycles. The lowest BCUT2D eigenvalue weighted by Crippen LogP contribution is -2.30. The van der Waals surface area contributed by atoms with Gasteiger partial charge in [-0.15, -0.1) is 0 Å². The predicted octanol–water partition coefficient (Wildman–Crippen LogP) is 20.9. The van der Waals surface area contributed by atoms with Gasteiger partial charge in [0.1, 0.15) is 19.3 Å². The Kier molecular flexibility index (Phi) is 61.3. The fourth-order valence-corrected chi connectivity index (χ4v) is 12.5. The number of carbonyl (C=O) groups is 4. The Bertz CT molecular complexity index is 1820. The second kappa shape index (κ2) is 62.6. The van der Waals surface area contributed by atoms with Crippen LogP contribution in [-0.2, 0) is 65.4 Å². The Hall–Kier alpha value is -1.94. The van der Waals surface area contributed by atoms with Crippen LogP contribution in [0.5, 0.6) is 0 Å². The highest BCUT2D eigenvalue weighted by molar-refractivity contribution is 7.47. The molecule has 19 heteroatoms. The fourth-order valence-electron chi connectivity index (χ4n) is 11.0. The average Bonchev–Trinajstić information content (AvgIpc) is 2.53. The summed E-state index contributed by atoms with van der Waals surface area (Å²) in [5.74, 6) is 0.944. The van der Waals surface area contributed by atoms with Crippen LogP contribution >= 0.6 is 15.6 Å². The van der Waals surface area contributed by atoms with Crippen LogP contribution in [0.15, 0.2) is 0 Å². The van der Waals surface area contributed by atoms with Gasteiger partial charge in [0.15, 0.2) is 12.2 Å². The van der Waals surface area contributed by atoms with Crippen LogP contribution in [-0.4, -0.2) is 96.7 Å². The van der Waals surface area contributed by atoms with Crippen molar-refractivity contribution >= 4 is 39.5 Å². The van der Waals surface area contributed by atoms with Crippen molar-refractivity contribution in [3.63, 3.8) is 0 Å². The Labute approximate surface area is 562 Å². The largest absolute Gasteiger partial charge is 0.472 e. The zero-order valence-electron chi connectivity index (χ0n) is 60.2. The molecule has 17 nitrogen and oxygen atoms in total. The topological polar surface area (TPSA) is 237 Å². The molecule has 0 bridgehead atoms. The van der Waals surface area contributed by atoms with E-state index in [1.807, 2.05) is 0 Å². The number of hydrogen-bond acceptors (Lipinski definition) is 15. The van der Waals surface area contributed by atoms with Gasteiger partial charge in [0, 0.05) is 25.7 Å². The Morgan fingerprint density at radius 3 is 0.772 bits per heavy atom. The van der Waals surface area contributed by atoms with E-state index in [1.54, 1.807) is 0 Å². The molecule has 7 atom stereocenters. The van der Waals surface area contributed by atoms with E-state index in [-0.39, 0.29) is 25.7 Å². The van der Waals surface area contributed by atoms with E-state index in [9.17, 15) is 43.2 Å². The van der Waals surface area contributed by atoms with Crippen molar-refractivity contribution in [1.82, 2.24) is 0 Å². The van der Waals surface area contributed by atoms with Crippen molar-refractivity contribution in [2.45, 2.75) is 382 Å². The molecule has 546 valence electrons. The smallest absolute Gasteiger partial charge is 0.462 e. The summed E-state index contributed by atoms with van der Waals surface area (Å²) in [6.07, 6.45) is 45.7. The van der Waals surface area contributed by atoms with Gasteiger partial charge in [0.05, 0.1) is 26.4 Å². The van der Waals surface area contributed by atoms with E-state index < -0.39 is 97.5 Å². The molecule has 0 fully saturated rings. The zero-order chi connectivity index (χ0) is 68.2. The van der Waals surface area contributed by atoms with Crippen LogP contribution in [0.2, 0.25) is 0 Å². The van der Waals surface area contributed by atoms with Crippen LogP contribution in [0.3, 0.4) is 0 Å². The molecule has 0 aromatic heterocycles. The second-order valence-electron chi connectivity index (χ2n) is 27.8. The number of aliphatic hydroxyl groups is 1. The van der Waals surface area contributed by atoms with Gasteiger partial charge in [-0.3, -0.25) is 37.3 Å². The molecule has 4 unspecified atom stereocenters. The number of ether oxygens (including phenoxy) is 4. The van der Waals surface area contributed by atoms with Crippen LogP contribution in [0.1, 0.15) is 364 Å². The molecule has 0 heterocycles. The van der Waals surface area contributed by atoms with Crippen LogP contribution < -0.4 is 0 Å². The van der Waals surface area contributed by atoms with Gasteiger partial charge in [-0.1, -0.05) is 312 Å². The lowest BCUT2D eigenvalue weighted by molar-refractivity contribution is -0.161. The van der Waals surface area contributed by atoms with Gasteiger partial charge in [0.25, 0.3) is 0 Å². The van der Waals surface area contributed by atoms with E-state index in [4.69, 9.17) is 37.0 Å². The Morgan fingerprint density at radius 1 is 0.304 bits per heavy atom. The zero-order valence-corrected chi connectivity index (χ0v) is 62.0. The summed E-state index contributed by atoms with van der Waals surface area (Å²) in [6, 6.07) is 0. The first-order valence-electron chi connectivity index (χ1n) is 37.8. The van der Waals surface area contributed by atoms with Gasteiger partial charge < -0.3 is 33.8 Å². The number of phosphoric acid groups is 2. The summed E-state index contributed by atoms with van der Waals surface area (Å²) in [6.45, 7) is 14.2. The third kappa shape index (κ3) is 64.1. The van der Waals surface area contributed by atoms with Crippen molar-refractivity contribution in [1.29, 1.82) is 0 Å². The number of carbonyl (C=O) groups excluding carboxylic acids is 4. The lowest BCUT2D eigenvalue weighted by Gasteiger charge is -2.21. The molecule has 0 saturated carbocycles. The summed E-state index contributed by atoms with van der Waals surface area (Å²) in [5, 5.41) is 10.6. The standard InChI is InChI=1S/C73H142O17P2/c1-9-65(7)51-43-35-27-21-16-18-22-28-37-45-53-70(75)83-59-68(89-72(77)55-47-39-29-23-14-12-11-13-19-25-33-41-49-63(3)4)61-87-91(79,80)85-57-67(74)58-86-92(81,82)88-62-69(60-84-71(76)54-46-38-32-31-36-44-52-66(8)10-2)90-73(78)56-48-40-30-24-17-15-20-26-34-42-50-64(5)6/h63-69,74H,9-62H2,1-8H3,(H,79,80)(H,81,82)/t65?,66?,67-,68-,69-/m1/s1. The quantitative estimate of drug-likeness (QED) is 0.0222. The van der Waals surface area contributed by atoms with Crippen LogP contribution in [0.4, 0.5) is 0 Å². The summed E-state index contributed by atoms with van der Waals surface area (Å²) in [4.78, 5) is 72.7. The lowest BCUT2D eigenvalue weighted by atomic mass is 9.99. The number of phosphoric ester groups is 2. The molecule has 3 N–H and O–H groups in total. The van der Waals surface area contributed by atoms with E-state index in [2.05, 4.69) is 55.4 Å². The molecule has 92 heavy (non-hydrogen) atoms. The maximum Gasteiger partial charge on any atom is 0.472 e. The average molecular weight is 1350 g/mol. The highest BCUT2D eigenvalue weighted by atomic mass is 31.2. The Morgan fingerprint density at radius 2 is 0.522 bits per heavy atom. The van der Waals surface area contributed by atoms with Crippen LogP contribution in [0, 0.1) is 23.7 Å². The molecule has 0 aliphatic heterocycles. The number of esters is 4. The number of aliphatic hydroxyl groups excluding tert-OH is 1. The summed E-state index contributed by atoms with van der Waals surface area (Å²) < 4.78 is 68.4. The molecule has 0 aromatic rings. The number of rotatable bonds is 70. The fraction of sp³-hybridized carbons (Fsp3) is 0.945. The highest BCUT2D eigenvalue weighted by Crippen LogP contribution is 2.45. The van der Waals surface area contributed by atoms with E-state index in [0.29, 0.717) is 25.7 Å². The monoisotopic (exact) mass is 1350 g/mol. The normalized spacial score (nSPS) is 14.8. The van der Waals surface area contributed by atoms with E-state index in [1.165, 1.54) is 161 Å². The van der Waals surface area contributed by atoms with E-state index >= 15 is 0 Å². The van der Waals surface area contributed by atoms with E-state index in [0.717, 1.165) is 120 Å². The number of hydrogen-bond donors (Lipinski definition) is 3. The maximum atomic E-state index is 13.1. The molecule has 0 spiro atoms. The highest BCUT2D eigenvalue weighted by Gasteiger charge is 2.30. The van der Waals surface area contributed by atoms with Gasteiger partial charge in [-0.25, -0.2) is 9.13 Å². The first-order chi connectivity index (χ1) is 44.2. The molecular weight excluding hydrogens is 1210 g/mol. The SMILES string of the molecule is CCC(C)CCCCCCCCCCCCC(=O)OC[C@H](COP(=O)(O)OC[C@@H](O)COP(=O)(O)OC[C@@H](COC(=O)CCCCCCCCC(C)CC)OC(=O)CCCCCCCCCCCCC(C)C)OC(=O)CCCCCCCCCCCCCCC(C)C. The van der Waals surface area contributed by atoms with Crippen molar-refractivity contribution in [2.24, 2.45) is 23.7 Å². The summed E-state index contributed by atoms with van der Waals surface area (Å²) in [7, 11) is -9.91. The third-order valence-corrected chi connectivity index (χ3v) is 19.4. The number of unbranched alkanes of at least 4 members (excludes halogenated alkanes) is 34. The first-order valence-corrected chi connectivity index (χ1v) is 40.8.